The van der Waals surface area contributed by atoms with E-state index in [2.05, 4.69) is 9.97 Å². The van der Waals surface area contributed by atoms with Crippen molar-refractivity contribution in [3.63, 3.8) is 0 Å². The second-order valence-electron chi connectivity index (χ2n) is 5.07. The fraction of sp³-hybridized carbons (Fsp3) is 0.222. The number of hydrogen-bond acceptors (Lipinski definition) is 6. The van der Waals surface area contributed by atoms with Gasteiger partial charge < -0.3 is 9.47 Å². The molecule has 0 aliphatic carbocycles. The van der Waals surface area contributed by atoms with Gasteiger partial charge >= 0.3 is 11.9 Å². The number of carbonyl (C=O) groups excluding carboxylic acids is 2. The molecule has 0 bridgehead atoms. The molecule has 0 amide bonds. The SMILES string of the molecule is CCOC(=O)c1ccc2nc3cc(C(=O)OCC)ccc3nc2c1. The van der Waals surface area contributed by atoms with E-state index >= 15 is 0 Å². The molecule has 1 heterocycles. The van der Waals surface area contributed by atoms with Crippen molar-refractivity contribution in [1.29, 1.82) is 0 Å². The van der Waals surface area contributed by atoms with E-state index in [9.17, 15) is 9.59 Å². The molecule has 0 spiro atoms. The summed E-state index contributed by atoms with van der Waals surface area (Å²) in [4.78, 5) is 32.6. The third kappa shape index (κ3) is 3.03. The molecule has 24 heavy (non-hydrogen) atoms. The van der Waals surface area contributed by atoms with E-state index < -0.39 is 0 Å². The van der Waals surface area contributed by atoms with Gasteiger partial charge in [-0.2, -0.15) is 0 Å². The Morgan fingerprint density at radius 2 is 1.17 bits per heavy atom. The zero-order valence-electron chi connectivity index (χ0n) is 13.4. The third-order valence-corrected chi connectivity index (χ3v) is 3.45. The topological polar surface area (TPSA) is 78.4 Å². The molecule has 0 saturated carbocycles. The Morgan fingerprint density at radius 3 is 1.54 bits per heavy atom. The molecule has 2 aromatic carbocycles. The van der Waals surface area contributed by atoms with Crippen molar-refractivity contribution in [2.45, 2.75) is 13.8 Å². The summed E-state index contributed by atoms with van der Waals surface area (Å²) < 4.78 is 9.98. The Labute approximate surface area is 138 Å². The Morgan fingerprint density at radius 1 is 0.750 bits per heavy atom. The van der Waals surface area contributed by atoms with Crippen LogP contribution in [-0.4, -0.2) is 35.1 Å². The number of aromatic nitrogens is 2. The fourth-order valence-electron chi connectivity index (χ4n) is 2.36. The van der Waals surface area contributed by atoms with Gasteiger partial charge in [0, 0.05) is 0 Å². The molecule has 0 unspecified atom stereocenters. The maximum Gasteiger partial charge on any atom is 0.338 e. The number of rotatable bonds is 4. The quantitative estimate of drug-likeness (QED) is 0.542. The molecule has 122 valence electrons. The molecule has 3 aromatic rings. The highest BCUT2D eigenvalue weighted by atomic mass is 16.5. The minimum atomic E-state index is -0.390. The van der Waals surface area contributed by atoms with Crippen LogP contribution < -0.4 is 0 Å². The first kappa shape index (κ1) is 15.9. The summed E-state index contributed by atoms with van der Waals surface area (Å²) in [6.07, 6.45) is 0. The maximum absolute atomic E-state index is 11.8. The first-order valence-electron chi connectivity index (χ1n) is 7.68. The van der Waals surface area contributed by atoms with Gasteiger partial charge in [-0.15, -0.1) is 0 Å². The van der Waals surface area contributed by atoms with Gasteiger partial charge in [-0.3, -0.25) is 0 Å². The molecule has 0 fully saturated rings. The van der Waals surface area contributed by atoms with E-state index in [4.69, 9.17) is 9.47 Å². The van der Waals surface area contributed by atoms with Crippen LogP contribution in [0.3, 0.4) is 0 Å². The van der Waals surface area contributed by atoms with Gasteiger partial charge in [0.15, 0.2) is 0 Å². The van der Waals surface area contributed by atoms with Crippen LogP contribution in [0.25, 0.3) is 22.1 Å². The molecular formula is C18H16N2O4. The summed E-state index contributed by atoms with van der Waals surface area (Å²) in [5.41, 5.74) is 3.32. The van der Waals surface area contributed by atoms with Gasteiger partial charge in [-0.1, -0.05) is 0 Å². The van der Waals surface area contributed by atoms with Crippen LogP contribution in [0.4, 0.5) is 0 Å². The third-order valence-electron chi connectivity index (χ3n) is 3.45. The average Bonchev–Trinajstić information content (AvgIpc) is 2.59. The lowest BCUT2D eigenvalue weighted by Crippen LogP contribution is -2.05. The Balaban J connectivity index is 2.05. The number of benzene rings is 2. The van der Waals surface area contributed by atoms with Gasteiger partial charge in [-0.25, -0.2) is 19.6 Å². The molecule has 6 nitrogen and oxygen atoms in total. The van der Waals surface area contributed by atoms with Gasteiger partial charge in [0.25, 0.3) is 0 Å². The molecule has 0 aliphatic heterocycles. The van der Waals surface area contributed by atoms with Gasteiger partial charge in [-0.05, 0) is 50.2 Å². The lowest BCUT2D eigenvalue weighted by molar-refractivity contribution is 0.0517. The van der Waals surface area contributed by atoms with Gasteiger partial charge in [0.05, 0.1) is 46.4 Å². The smallest absolute Gasteiger partial charge is 0.338 e. The van der Waals surface area contributed by atoms with E-state index in [0.29, 0.717) is 46.4 Å². The van der Waals surface area contributed by atoms with Crippen LogP contribution in [0.5, 0.6) is 0 Å². The number of esters is 2. The molecule has 6 heteroatoms. The Kier molecular flexibility index (Phi) is 4.37. The maximum atomic E-state index is 11.8. The minimum absolute atomic E-state index is 0.316. The van der Waals surface area contributed by atoms with Crippen LogP contribution in [0.1, 0.15) is 34.6 Å². The largest absolute Gasteiger partial charge is 0.462 e. The zero-order valence-corrected chi connectivity index (χ0v) is 13.4. The summed E-state index contributed by atoms with van der Waals surface area (Å²) in [6.45, 7) is 4.15. The highest BCUT2D eigenvalue weighted by Gasteiger charge is 2.11. The molecule has 0 radical (unpaired) electrons. The molecule has 0 aliphatic rings. The zero-order chi connectivity index (χ0) is 17.1. The molecule has 0 atom stereocenters. The molecule has 1 aromatic heterocycles. The van der Waals surface area contributed by atoms with Crippen molar-refractivity contribution in [3.05, 3.63) is 47.5 Å². The first-order chi connectivity index (χ1) is 11.6. The van der Waals surface area contributed by atoms with Crippen LogP contribution in [0.2, 0.25) is 0 Å². The van der Waals surface area contributed by atoms with Crippen molar-refractivity contribution >= 4 is 34.0 Å². The summed E-state index contributed by atoms with van der Waals surface area (Å²) in [6, 6.07) is 10.0. The van der Waals surface area contributed by atoms with E-state index in [1.807, 2.05) is 0 Å². The van der Waals surface area contributed by atoms with Crippen LogP contribution in [-0.2, 0) is 9.47 Å². The second kappa shape index (κ2) is 6.62. The van der Waals surface area contributed by atoms with Crippen molar-refractivity contribution in [3.8, 4) is 0 Å². The van der Waals surface area contributed by atoms with E-state index in [1.54, 1.807) is 50.2 Å². The van der Waals surface area contributed by atoms with Crippen LogP contribution >= 0.6 is 0 Å². The second-order valence-corrected chi connectivity index (χ2v) is 5.07. The van der Waals surface area contributed by atoms with Crippen molar-refractivity contribution in [2.24, 2.45) is 0 Å². The monoisotopic (exact) mass is 324 g/mol. The fourth-order valence-corrected chi connectivity index (χ4v) is 2.36. The summed E-state index contributed by atoms with van der Waals surface area (Å²) >= 11 is 0. The van der Waals surface area contributed by atoms with E-state index in [0.717, 1.165) is 0 Å². The van der Waals surface area contributed by atoms with Gasteiger partial charge in [0.1, 0.15) is 0 Å². The number of fused-ring (bicyclic) bond motifs is 2. The molecular weight excluding hydrogens is 308 g/mol. The average molecular weight is 324 g/mol. The summed E-state index contributed by atoms with van der Waals surface area (Å²) in [5, 5.41) is 0. The number of nitrogens with zero attached hydrogens (tertiary/aromatic N) is 2. The summed E-state index contributed by atoms with van der Waals surface area (Å²) in [7, 11) is 0. The van der Waals surface area contributed by atoms with Crippen molar-refractivity contribution in [1.82, 2.24) is 9.97 Å². The number of hydrogen-bond donors (Lipinski definition) is 0. The molecule has 0 N–H and O–H groups in total. The standard InChI is InChI=1S/C18H16N2O4/c1-3-23-17(21)11-5-7-13-15(9-11)19-14-8-6-12(10-16(14)20-13)18(22)24-4-2/h5-10H,3-4H2,1-2H3. The predicted molar refractivity (Wildman–Crippen MR) is 89.0 cm³/mol. The predicted octanol–water partition coefficient (Wildman–Crippen LogP) is 3.14. The van der Waals surface area contributed by atoms with Crippen molar-refractivity contribution < 1.29 is 19.1 Å². The van der Waals surface area contributed by atoms with Crippen LogP contribution in [0.15, 0.2) is 36.4 Å². The number of carbonyl (C=O) groups is 2. The van der Waals surface area contributed by atoms with E-state index in [1.165, 1.54) is 0 Å². The number of ether oxygens (including phenoxy) is 2. The summed E-state index contributed by atoms with van der Waals surface area (Å²) in [5.74, 6) is -0.780. The highest BCUT2D eigenvalue weighted by Crippen LogP contribution is 2.19. The molecule has 0 saturated heterocycles. The molecule has 3 rings (SSSR count). The Hall–Kier alpha value is -3.02. The first-order valence-corrected chi connectivity index (χ1v) is 7.68. The van der Waals surface area contributed by atoms with Gasteiger partial charge in [0.2, 0.25) is 0 Å². The minimum Gasteiger partial charge on any atom is -0.462 e. The van der Waals surface area contributed by atoms with Crippen LogP contribution in [0, 0.1) is 0 Å². The lowest BCUT2D eigenvalue weighted by atomic mass is 10.1. The van der Waals surface area contributed by atoms with E-state index in [-0.39, 0.29) is 11.9 Å². The lowest BCUT2D eigenvalue weighted by Gasteiger charge is -2.06. The highest BCUT2D eigenvalue weighted by molar-refractivity contribution is 5.97. The Bertz CT molecular complexity index is 859. The van der Waals surface area contributed by atoms with Crippen molar-refractivity contribution in [2.75, 3.05) is 13.2 Å². The normalized spacial score (nSPS) is 10.8.